The van der Waals surface area contributed by atoms with E-state index in [0.29, 0.717) is 17.9 Å². The third-order valence-electron chi connectivity index (χ3n) is 3.30. The third-order valence-corrected chi connectivity index (χ3v) is 3.30. The van der Waals surface area contributed by atoms with Crippen LogP contribution in [0, 0.1) is 17.0 Å². The molecule has 0 saturated heterocycles. The number of nitrogen functional groups attached to an aromatic ring is 1. The van der Waals surface area contributed by atoms with Crippen LogP contribution in [0.5, 0.6) is 0 Å². The van der Waals surface area contributed by atoms with E-state index in [1.54, 1.807) is 18.2 Å². The number of hydrogen-bond acceptors (Lipinski definition) is 5. The van der Waals surface area contributed by atoms with Crippen LogP contribution >= 0.6 is 0 Å². The Balaban J connectivity index is 2.32. The topological polar surface area (TPSA) is 84.4 Å². The van der Waals surface area contributed by atoms with Crippen LogP contribution in [0.1, 0.15) is 11.1 Å². The molecule has 2 aromatic carbocycles. The number of nitrogens with one attached hydrogen (secondary N) is 1. The monoisotopic (exact) mass is 286 g/mol. The Kier molecular flexibility index (Phi) is 4.39. The number of hydrazine groups is 1. The Morgan fingerprint density at radius 3 is 2.48 bits per heavy atom. The van der Waals surface area contributed by atoms with Gasteiger partial charge in [-0.25, -0.2) is 0 Å². The van der Waals surface area contributed by atoms with Crippen molar-refractivity contribution >= 4 is 17.1 Å². The van der Waals surface area contributed by atoms with Crippen LogP contribution in [-0.2, 0) is 6.54 Å². The van der Waals surface area contributed by atoms with Crippen LogP contribution in [-0.4, -0.2) is 12.0 Å². The molecular weight excluding hydrogens is 268 g/mol. The van der Waals surface area contributed by atoms with E-state index in [1.807, 2.05) is 43.1 Å². The molecule has 0 amide bonds. The fraction of sp³-hybridized carbons (Fsp3) is 0.200. The number of nitrogens with two attached hydrogens (primary N) is 1. The second-order valence-electron chi connectivity index (χ2n) is 4.92. The molecule has 0 bridgehead atoms. The average Bonchev–Trinajstić information content (AvgIpc) is 2.48. The van der Waals surface area contributed by atoms with E-state index in [0.717, 1.165) is 5.56 Å². The van der Waals surface area contributed by atoms with Gasteiger partial charge in [0, 0.05) is 13.6 Å². The fourth-order valence-corrected chi connectivity index (χ4v) is 2.20. The molecule has 0 aliphatic carbocycles. The van der Waals surface area contributed by atoms with Gasteiger partial charge in [0.15, 0.2) is 0 Å². The molecule has 0 spiro atoms. The maximum absolute atomic E-state index is 11.3. The largest absolute Gasteiger partial charge is 0.365 e. The highest BCUT2D eigenvalue weighted by Crippen LogP contribution is 2.34. The molecule has 0 aliphatic heterocycles. The Morgan fingerprint density at radius 2 is 1.90 bits per heavy atom. The Hall–Kier alpha value is -2.60. The minimum atomic E-state index is -0.420. The highest BCUT2D eigenvalue weighted by Gasteiger charge is 2.21. The Labute approximate surface area is 123 Å². The number of para-hydroxylation sites is 1. The first-order chi connectivity index (χ1) is 10.0. The normalized spacial score (nSPS) is 10.2. The first-order valence-electron chi connectivity index (χ1n) is 6.53. The second-order valence-corrected chi connectivity index (χ2v) is 4.92. The molecule has 110 valence electrons. The predicted octanol–water partition coefficient (Wildman–Crippen LogP) is 2.83. The molecule has 0 unspecified atom stereocenters. The van der Waals surface area contributed by atoms with Crippen molar-refractivity contribution in [3.63, 3.8) is 0 Å². The van der Waals surface area contributed by atoms with Crippen molar-refractivity contribution in [1.29, 1.82) is 0 Å². The molecule has 6 heteroatoms. The van der Waals surface area contributed by atoms with Gasteiger partial charge in [-0.05, 0) is 24.6 Å². The minimum Gasteiger partial charge on any atom is -0.365 e. The maximum Gasteiger partial charge on any atom is 0.316 e. The zero-order valence-electron chi connectivity index (χ0n) is 12.0. The van der Waals surface area contributed by atoms with Crippen molar-refractivity contribution < 1.29 is 4.92 Å². The van der Waals surface area contributed by atoms with Crippen LogP contribution in [0.15, 0.2) is 42.5 Å². The van der Waals surface area contributed by atoms with Crippen LogP contribution in [0.2, 0.25) is 0 Å². The van der Waals surface area contributed by atoms with Gasteiger partial charge in [-0.2, -0.15) is 0 Å². The van der Waals surface area contributed by atoms with E-state index in [2.05, 4.69) is 5.43 Å². The lowest BCUT2D eigenvalue weighted by molar-refractivity contribution is -0.383. The predicted molar refractivity (Wildman–Crippen MR) is 84.2 cm³/mol. The highest BCUT2D eigenvalue weighted by atomic mass is 16.6. The van der Waals surface area contributed by atoms with Gasteiger partial charge in [0.2, 0.25) is 0 Å². The number of rotatable bonds is 5. The lowest BCUT2D eigenvalue weighted by Crippen LogP contribution is -2.19. The van der Waals surface area contributed by atoms with Gasteiger partial charge in [-0.1, -0.05) is 35.9 Å². The summed E-state index contributed by atoms with van der Waals surface area (Å²) in [5, 5.41) is 11.3. The van der Waals surface area contributed by atoms with Crippen LogP contribution in [0.25, 0.3) is 0 Å². The minimum absolute atomic E-state index is 0.0189. The van der Waals surface area contributed by atoms with Gasteiger partial charge in [0.05, 0.1) is 4.92 Å². The van der Waals surface area contributed by atoms with Gasteiger partial charge < -0.3 is 10.3 Å². The zero-order chi connectivity index (χ0) is 15.4. The number of benzene rings is 2. The molecule has 3 N–H and O–H groups in total. The summed E-state index contributed by atoms with van der Waals surface area (Å²) in [5.41, 5.74) is 5.45. The first kappa shape index (κ1) is 14.8. The van der Waals surface area contributed by atoms with E-state index in [4.69, 9.17) is 5.84 Å². The number of nitro groups is 1. The number of anilines is 2. The summed E-state index contributed by atoms with van der Waals surface area (Å²) >= 11 is 0. The molecule has 0 radical (unpaired) electrons. The van der Waals surface area contributed by atoms with Gasteiger partial charge >= 0.3 is 5.69 Å². The fourth-order valence-electron chi connectivity index (χ4n) is 2.20. The molecule has 0 aliphatic rings. The second kappa shape index (κ2) is 6.23. The molecule has 2 aromatic rings. The first-order valence-corrected chi connectivity index (χ1v) is 6.53. The zero-order valence-corrected chi connectivity index (χ0v) is 12.0. The molecule has 0 aromatic heterocycles. The Bertz CT molecular complexity index is 641. The van der Waals surface area contributed by atoms with Crippen molar-refractivity contribution in [2.75, 3.05) is 17.4 Å². The summed E-state index contributed by atoms with van der Waals surface area (Å²) in [4.78, 5) is 12.7. The quantitative estimate of drug-likeness (QED) is 0.501. The van der Waals surface area contributed by atoms with Gasteiger partial charge in [0.1, 0.15) is 11.4 Å². The maximum atomic E-state index is 11.3. The van der Waals surface area contributed by atoms with Crippen molar-refractivity contribution in [2.24, 2.45) is 5.84 Å². The standard InChI is InChI=1S/C15H18N4O2/c1-11-6-8-12(9-7-11)10-18(2)14-5-3-4-13(17-16)15(14)19(20)21/h3-9,17H,10,16H2,1-2H3. The molecule has 21 heavy (non-hydrogen) atoms. The van der Waals surface area contributed by atoms with Gasteiger partial charge in [0.25, 0.3) is 0 Å². The number of aryl methyl sites for hydroxylation is 1. The molecule has 0 heterocycles. The third kappa shape index (κ3) is 3.29. The molecule has 0 saturated carbocycles. The lowest BCUT2D eigenvalue weighted by Gasteiger charge is -2.20. The summed E-state index contributed by atoms with van der Waals surface area (Å²) in [7, 11) is 1.82. The van der Waals surface area contributed by atoms with Crippen LogP contribution in [0.4, 0.5) is 17.1 Å². The van der Waals surface area contributed by atoms with Gasteiger partial charge in [-0.3, -0.25) is 16.0 Å². The van der Waals surface area contributed by atoms with E-state index < -0.39 is 4.92 Å². The molecule has 6 nitrogen and oxygen atoms in total. The van der Waals surface area contributed by atoms with Crippen molar-refractivity contribution in [3.8, 4) is 0 Å². The molecular formula is C15H18N4O2. The molecule has 2 rings (SSSR count). The summed E-state index contributed by atoms with van der Waals surface area (Å²) in [5.74, 6) is 5.35. The highest BCUT2D eigenvalue weighted by molar-refractivity contribution is 5.76. The van der Waals surface area contributed by atoms with E-state index in [9.17, 15) is 10.1 Å². The van der Waals surface area contributed by atoms with Crippen molar-refractivity contribution in [2.45, 2.75) is 13.5 Å². The smallest absolute Gasteiger partial charge is 0.316 e. The number of nitrogens with zero attached hydrogens (tertiary/aromatic N) is 2. The van der Waals surface area contributed by atoms with Crippen molar-refractivity contribution in [1.82, 2.24) is 0 Å². The summed E-state index contributed by atoms with van der Waals surface area (Å²) in [6, 6.07) is 13.1. The van der Waals surface area contributed by atoms with Crippen LogP contribution < -0.4 is 16.2 Å². The van der Waals surface area contributed by atoms with E-state index >= 15 is 0 Å². The number of nitro benzene ring substituents is 1. The van der Waals surface area contributed by atoms with Crippen LogP contribution in [0.3, 0.4) is 0 Å². The van der Waals surface area contributed by atoms with E-state index in [-0.39, 0.29) is 5.69 Å². The average molecular weight is 286 g/mol. The SMILES string of the molecule is Cc1ccc(CN(C)c2cccc(NN)c2[N+](=O)[O-])cc1. The van der Waals surface area contributed by atoms with Crippen molar-refractivity contribution in [3.05, 3.63) is 63.7 Å². The lowest BCUT2D eigenvalue weighted by atomic mass is 10.1. The van der Waals surface area contributed by atoms with E-state index in [1.165, 1.54) is 5.56 Å². The summed E-state index contributed by atoms with van der Waals surface area (Å²) in [6.07, 6.45) is 0. The van der Waals surface area contributed by atoms with Gasteiger partial charge in [-0.15, -0.1) is 0 Å². The number of hydrogen-bond donors (Lipinski definition) is 2. The summed E-state index contributed by atoms with van der Waals surface area (Å²) in [6.45, 7) is 2.60. The Morgan fingerprint density at radius 1 is 1.24 bits per heavy atom. The summed E-state index contributed by atoms with van der Waals surface area (Å²) < 4.78 is 0. The molecule has 0 fully saturated rings. The molecule has 0 atom stereocenters.